The van der Waals surface area contributed by atoms with Crippen molar-refractivity contribution >= 4 is 27.3 Å². The van der Waals surface area contributed by atoms with Crippen molar-refractivity contribution in [1.82, 2.24) is 4.90 Å². The van der Waals surface area contributed by atoms with Crippen LogP contribution in [-0.2, 0) is 19.6 Å². The van der Waals surface area contributed by atoms with Crippen molar-refractivity contribution in [3.63, 3.8) is 0 Å². The maximum Gasteiger partial charge on any atom is 0.0701 e. The first-order chi connectivity index (χ1) is 7.81. The first kappa shape index (κ1) is 10.5. The van der Waals surface area contributed by atoms with E-state index in [1.54, 1.807) is 0 Å². The summed E-state index contributed by atoms with van der Waals surface area (Å²) in [6, 6.07) is 13.1. The van der Waals surface area contributed by atoms with E-state index in [1.165, 1.54) is 19.8 Å². The van der Waals surface area contributed by atoms with Crippen molar-refractivity contribution in [3.05, 3.63) is 56.2 Å². The Morgan fingerprint density at radius 2 is 1.75 bits per heavy atom. The Balaban J connectivity index is 1.72. The molecule has 0 bridgehead atoms. The van der Waals surface area contributed by atoms with Crippen molar-refractivity contribution in [2.24, 2.45) is 0 Å². The number of hydrogen-bond donors (Lipinski definition) is 0. The normalized spacial score (nSPS) is 15.3. The molecular weight excluding hydrogens is 282 g/mol. The molecule has 0 fully saturated rings. The van der Waals surface area contributed by atoms with Gasteiger partial charge in [-0.2, -0.15) is 0 Å². The monoisotopic (exact) mass is 293 g/mol. The molecule has 1 aromatic heterocycles. The largest absolute Gasteiger partial charge is 0.290 e. The second-order valence-electron chi connectivity index (χ2n) is 4.12. The van der Waals surface area contributed by atoms with Gasteiger partial charge < -0.3 is 0 Å². The lowest BCUT2D eigenvalue weighted by atomic mass is 10.1. The van der Waals surface area contributed by atoms with Gasteiger partial charge in [0.1, 0.15) is 0 Å². The molecule has 1 aliphatic rings. The van der Waals surface area contributed by atoms with Gasteiger partial charge in [0.05, 0.1) is 3.79 Å². The summed E-state index contributed by atoms with van der Waals surface area (Å²) in [4.78, 5) is 3.92. The summed E-state index contributed by atoms with van der Waals surface area (Å²) in [6.45, 7) is 3.24. The number of fused-ring (bicyclic) bond motifs is 1. The Hall–Kier alpha value is -0.640. The van der Waals surface area contributed by atoms with Gasteiger partial charge in [-0.05, 0) is 39.2 Å². The summed E-state index contributed by atoms with van der Waals surface area (Å²) in [5, 5.41) is 0. The molecule has 1 nitrogen and oxygen atoms in total. The third-order valence-electron chi connectivity index (χ3n) is 2.91. The summed E-state index contributed by atoms with van der Waals surface area (Å²) in [5.74, 6) is 0. The third-order valence-corrected chi connectivity index (χ3v) is 4.52. The summed E-state index contributed by atoms with van der Waals surface area (Å²) in [6.07, 6.45) is 0. The van der Waals surface area contributed by atoms with Gasteiger partial charge in [-0.3, -0.25) is 4.90 Å². The van der Waals surface area contributed by atoms with Crippen LogP contribution in [0, 0.1) is 0 Å². The SMILES string of the molecule is Brc1ccc(CN2Cc3ccccc3C2)s1. The molecule has 1 aromatic carbocycles. The Bertz CT molecular complexity index is 481. The second-order valence-corrected chi connectivity index (χ2v) is 6.67. The van der Waals surface area contributed by atoms with Crippen molar-refractivity contribution < 1.29 is 0 Å². The zero-order valence-corrected chi connectivity index (χ0v) is 11.2. The highest BCUT2D eigenvalue weighted by Crippen LogP contribution is 2.27. The number of nitrogens with zero attached hydrogens (tertiary/aromatic N) is 1. The lowest BCUT2D eigenvalue weighted by Crippen LogP contribution is -2.14. The van der Waals surface area contributed by atoms with Crippen LogP contribution in [0.15, 0.2) is 40.2 Å². The van der Waals surface area contributed by atoms with Gasteiger partial charge in [0.15, 0.2) is 0 Å². The first-order valence-corrected chi connectivity index (χ1v) is 6.95. The van der Waals surface area contributed by atoms with Crippen LogP contribution in [0.3, 0.4) is 0 Å². The molecule has 2 heterocycles. The zero-order chi connectivity index (χ0) is 11.0. The van der Waals surface area contributed by atoms with Crippen molar-refractivity contribution in [1.29, 1.82) is 0 Å². The van der Waals surface area contributed by atoms with Crippen LogP contribution in [0.25, 0.3) is 0 Å². The first-order valence-electron chi connectivity index (χ1n) is 5.34. The molecule has 3 rings (SSSR count). The zero-order valence-electron chi connectivity index (χ0n) is 8.82. The number of hydrogen-bond acceptors (Lipinski definition) is 2. The lowest BCUT2D eigenvalue weighted by molar-refractivity contribution is 0.278. The second kappa shape index (κ2) is 4.32. The maximum atomic E-state index is 3.51. The number of benzene rings is 1. The fourth-order valence-electron chi connectivity index (χ4n) is 2.17. The average molecular weight is 294 g/mol. The van der Waals surface area contributed by atoms with Gasteiger partial charge in [0.25, 0.3) is 0 Å². The van der Waals surface area contributed by atoms with Crippen LogP contribution in [0.1, 0.15) is 16.0 Å². The van der Waals surface area contributed by atoms with Gasteiger partial charge in [0.2, 0.25) is 0 Å². The van der Waals surface area contributed by atoms with E-state index in [2.05, 4.69) is 57.2 Å². The predicted molar refractivity (Wildman–Crippen MR) is 71.4 cm³/mol. The minimum Gasteiger partial charge on any atom is -0.290 e. The van der Waals surface area contributed by atoms with E-state index >= 15 is 0 Å². The van der Waals surface area contributed by atoms with Gasteiger partial charge >= 0.3 is 0 Å². The van der Waals surface area contributed by atoms with Crippen molar-refractivity contribution in [2.75, 3.05) is 0 Å². The quantitative estimate of drug-likeness (QED) is 0.808. The topological polar surface area (TPSA) is 3.24 Å². The predicted octanol–water partition coefficient (Wildman–Crippen LogP) is 4.03. The molecule has 0 saturated heterocycles. The minimum atomic E-state index is 1.06. The standard InChI is InChI=1S/C13H12BrNS/c14-13-6-5-12(16-13)9-15-7-10-3-1-2-4-11(10)8-15/h1-6H,7-9H2. The van der Waals surface area contributed by atoms with Gasteiger partial charge in [-0.25, -0.2) is 0 Å². The molecule has 0 unspecified atom stereocenters. The smallest absolute Gasteiger partial charge is 0.0701 e. The highest BCUT2D eigenvalue weighted by molar-refractivity contribution is 9.11. The van der Waals surface area contributed by atoms with E-state index in [4.69, 9.17) is 0 Å². The summed E-state index contributed by atoms with van der Waals surface area (Å²) in [7, 11) is 0. The van der Waals surface area contributed by atoms with E-state index in [-0.39, 0.29) is 0 Å². The third kappa shape index (κ3) is 2.08. The van der Waals surface area contributed by atoms with E-state index in [0.717, 1.165) is 19.6 Å². The van der Waals surface area contributed by atoms with E-state index < -0.39 is 0 Å². The molecule has 0 radical (unpaired) electrons. The molecule has 0 atom stereocenters. The fourth-order valence-corrected chi connectivity index (χ4v) is 3.70. The van der Waals surface area contributed by atoms with Crippen LogP contribution in [0.2, 0.25) is 0 Å². The van der Waals surface area contributed by atoms with Crippen molar-refractivity contribution in [3.8, 4) is 0 Å². The Morgan fingerprint density at radius 1 is 1.06 bits per heavy atom. The highest BCUT2D eigenvalue weighted by atomic mass is 79.9. The summed E-state index contributed by atoms with van der Waals surface area (Å²) in [5.41, 5.74) is 2.97. The lowest BCUT2D eigenvalue weighted by Gasteiger charge is -2.12. The highest BCUT2D eigenvalue weighted by Gasteiger charge is 2.18. The van der Waals surface area contributed by atoms with Crippen LogP contribution >= 0.6 is 27.3 Å². The number of halogens is 1. The van der Waals surface area contributed by atoms with E-state index in [1.807, 2.05) is 11.3 Å². The molecule has 3 heteroatoms. The maximum absolute atomic E-state index is 3.51. The van der Waals surface area contributed by atoms with Crippen LogP contribution in [-0.4, -0.2) is 4.90 Å². The molecule has 82 valence electrons. The molecule has 0 spiro atoms. The fraction of sp³-hybridized carbons (Fsp3) is 0.231. The molecule has 16 heavy (non-hydrogen) atoms. The molecule has 0 saturated carbocycles. The van der Waals surface area contributed by atoms with Crippen LogP contribution in [0.4, 0.5) is 0 Å². The molecular formula is C13H12BrNS. The Labute approximate surface area is 108 Å². The summed E-state index contributed by atoms with van der Waals surface area (Å²) >= 11 is 5.34. The molecule has 0 N–H and O–H groups in total. The molecule has 0 amide bonds. The number of rotatable bonds is 2. The molecule has 0 aliphatic carbocycles. The summed E-state index contributed by atoms with van der Waals surface area (Å²) < 4.78 is 1.22. The molecule has 1 aliphatic heterocycles. The Morgan fingerprint density at radius 3 is 2.31 bits per heavy atom. The van der Waals surface area contributed by atoms with E-state index in [9.17, 15) is 0 Å². The average Bonchev–Trinajstić information content (AvgIpc) is 2.84. The van der Waals surface area contributed by atoms with E-state index in [0.29, 0.717) is 0 Å². The van der Waals surface area contributed by atoms with Crippen molar-refractivity contribution in [2.45, 2.75) is 19.6 Å². The molecule has 2 aromatic rings. The van der Waals surface area contributed by atoms with Gasteiger partial charge in [-0.15, -0.1) is 11.3 Å². The van der Waals surface area contributed by atoms with Crippen LogP contribution < -0.4 is 0 Å². The van der Waals surface area contributed by atoms with Gasteiger partial charge in [0, 0.05) is 24.5 Å². The number of thiophene rings is 1. The van der Waals surface area contributed by atoms with Gasteiger partial charge in [-0.1, -0.05) is 24.3 Å². The van der Waals surface area contributed by atoms with Crippen LogP contribution in [0.5, 0.6) is 0 Å². The minimum absolute atomic E-state index is 1.06. The Kier molecular flexibility index (Phi) is 2.84.